The van der Waals surface area contributed by atoms with Crippen molar-refractivity contribution in [1.82, 2.24) is 5.32 Å². The van der Waals surface area contributed by atoms with Crippen molar-refractivity contribution < 1.29 is 15.0 Å². The third-order valence-electron chi connectivity index (χ3n) is 11.1. The average molecular weight is 492 g/mol. The standard InChI is InChI=1S/C29H53N3O3/c1-17(5-10-26(35)32-18(2)11-14-29(4,30)31)21-6-7-23-22(21)8-9-24-27(23)25(34)16-19-15-20(33)12-13-28(19,24)3/h17-25,27,33-34H,5-16,30-31H2,1-4H3,(H,32,35). The molecule has 4 aliphatic rings. The molecular weight excluding hydrogens is 438 g/mol. The van der Waals surface area contributed by atoms with Crippen LogP contribution in [0.25, 0.3) is 0 Å². The molecule has 11 unspecified atom stereocenters. The molecule has 0 aromatic rings. The Morgan fingerprint density at radius 2 is 1.77 bits per heavy atom. The Morgan fingerprint density at radius 1 is 1.06 bits per heavy atom. The van der Waals surface area contributed by atoms with E-state index in [0.717, 1.165) is 38.5 Å². The normalized spacial score (nSPS) is 43.0. The van der Waals surface area contributed by atoms with E-state index in [1.54, 1.807) is 0 Å². The number of nitrogens with two attached hydrogens (primary N) is 2. The van der Waals surface area contributed by atoms with Gasteiger partial charge in [0.25, 0.3) is 0 Å². The van der Waals surface area contributed by atoms with Crippen molar-refractivity contribution in [1.29, 1.82) is 0 Å². The van der Waals surface area contributed by atoms with Crippen LogP contribution in [0.4, 0.5) is 0 Å². The Hall–Kier alpha value is -0.690. The summed E-state index contributed by atoms with van der Waals surface area (Å²) in [5, 5.41) is 24.7. The molecule has 11 atom stereocenters. The number of hydrogen-bond acceptors (Lipinski definition) is 5. The zero-order valence-electron chi connectivity index (χ0n) is 22.7. The number of nitrogens with one attached hydrogen (secondary N) is 1. The maximum atomic E-state index is 12.6. The van der Waals surface area contributed by atoms with Gasteiger partial charge in [-0.05, 0) is 131 Å². The Morgan fingerprint density at radius 3 is 2.49 bits per heavy atom. The summed E-state index contributed by atoms with van der Waals surface area (Å²) < 4.78 is 0. The number of amides is 1. The van der Waals surface area contributed by atoms with Crippen LogP contribution >= 0.6 is 0 Å². The van der Waals surface area contributed by atoms with Crippen LogP contribution in [-0.4, -0.2) is 40.0 Å². The third kappa shape index (κ3) is 5.91. The quantitative estimate of drug-likeness (QED) is 0.330. The van der Waals surface area contributed by atoms with Gasteiger partial charge in [0.2, 0.25) is 5.91 Å². The highest BCUT2D eigenvalue weighted by Crippen LogP contribution is 2.64. The van der Waals surface area contributed by atoms with Gasteiger partial charge in [-0.3, -0.25) is 4.79 Å². The molecular formula is C29H53N3O3. The van der Waals surface area contributed by atoms with E-state index in [9.17, 15) is 15.0 Å². The molecule has 4 rings (SSSR count). The van der Waals surface area contributed by atoms with E-state index in [4.69, 9.17) is 11.5 Å². The molecule has 0 bridgehead atoms. The average Bonchev–Trinajstić information content (AvgIpc) is 3.21. The van der Waals surface area contributed by atoms with E-state index >= 15 is 0 Å². The lowest BCUT2D eigenvalue weighted by molar-refractivity contribution is -0.158. The molecule has 4 aliphatic carbocycles. The fourth-order valence-electron chi connectivity index (χ4n) is 9.15. The van der Waals surface area contributed by atoms with Crippen LogP contribution in [0.1, 0.15) is 105 Å². The first-order valence-electron chi connectivity index (χ1n) is 14.6. The number of fused-ring (bicyclic) bond motifs is 5. The molecule has 0 aromatic carbocycles. The van der Waals surface area contributed by atoms with Gasteiger partial charge in [-0.25, -0.2) is 0 Å². The van der Waals surface area contributed by atoms with E-state index in [-0.39, 0.29) is 29.6 Å². The van der Waals surface area contributed by atoms with Gasteiger partial charge in [-0.15, -0.1) is 0 Å². The minimum atomic E-state index is -0.687. The molecule has 1 amide bonds. The minimum absolute atomic E-state index is 0.0919. The van der Waals surface area contributed by atoms with Crippen LogP contribution < -0.4 is 16.8 Å². The monoisotopic (exact) mass is 491 g/mol. The Kier molecular flexibility index (Phi) is 8.27. The predicted molar refractivity (Wildman–Crippen MR) is 140 cm³/mol. The second kappa shape index (κ2) is 10.6. The lowest BCUT2D eigenvalue weighted by atomic mass is 9.46. The Labute approximate surface area is 213 Å². The second-order valence-electron chi connectivity index (χ2n) is 13.8. The minimum Gasteiger partial charge on any atom is -0.393 e. The van der Waals surface area contributed by atoms with Crippen LogP contribution in [0.15, 0.2) is 0 Å². The van der Waals surface area contributed by atoms with E-state index in [0.29, 0.717) is 54.3 Å². The summed E-state index contributed by atoms with van der Waals surface area (Å²) in [5.41, 5.74) is 11.3. The van der Waals surface area contributed by atoms with Gasteiger partial charge < -0.3 is 27.0 Å². The van der Waals surface area contributed by atoms with Gasteiger partial charge >= 0.3 is 0 Å². The first-order valence-corrected chi connectivity index (χ1v) is 14.6. The highest BCUT2D eigenvalue weighted by Gasteiger charge is 2.59. The highest BCUT2D eigenvalue weighted by atomic mass is 16.3. The molecule has 35 heavy (non-hydrogen) atoms. The summed E-state index contributed by atoms with van der Waals surface area (Å²) in [6, 6.07) is 0.0919. The Bertz CT molecular complexity index is 739. The predicted octanol–water partition coefficient (Wildman–Crippen LogP) is 3.92. The van der Waals surface area contributed by atoms with E-state index in [2.05, 4.69) is 19.2 Å². The van der Waals surface area contributed by atoms with Crippen LogP contribution in [0.2, 0.25) is 0 Å². The largest absolute Gasteiger partial charge is 0.393 e. The highest BCUT2D eigenvalue weighted by molar-refractivity contribution is 5.76. The SMILES string of the molecule is CC(CCC(C)(N)N)NC(=O)CCC(C)C1CCC2C1CCC1C2C(O)CC2CC(O)CCC21C. The van der Waals surface area contributed by atoms with E-state index < -0.39 is 5.66 Å². The summed E-state index contributed by atoms with van der Waals surface area (Å²) in [6.07, 6.45) is 11.4. The molecule has 0 aliphatic heterocycles. The van der Waals surface area contributed by atoms with Gasteiger partial charge in [-0.1, -0.05) is 13.8 Å². The number of carbonyl (C=O) groups is 1. The van der Waals surface area contributed by atoms with E-state index in [1.165, 1.54) is 25.7 Å². The van der Waals surface area contributed by atoms with Crippen LogP contribution in [-0.2, 0) is 4.79 Å². The smallest absolute Gasteiger partial charge is 0.220 e. The molecule has 0 saturated heterocycles. The third-order valence-corrected chi connectivity index (χ3v) is 11.1. The zero-order chi connectivity index (χ0) is 25.5. The molecule has 4 saturated carbocycles. The molecule has 4 fully saturated rings. The van der Waals surface area contributed by atoms with Crippen molar-refractivity contribution in [2.45, 2.75) is 129 Å². The molecule has 6 nitrogen and oxygen atoms in total. The zero-order valence-corrected chi connectivity index (χ0v) is 22.7. The second-order valence-corrected chi connectivity index (χ2v) is 13.8. The number of aliphatic hydroxyl groups is 2. The van der Waals surface area contributed by atoms with Crippen molar-refractivity contribution >= 4 is 5.91 Å². The number of aliphatic hydroxyl groups excluding tert-OH is 2. The van der Waals surface area contributed by atoms with Crippen LogP contribution in [0, 0.1) is 46.8 Å². The Balaban J connectivity index is 1.30. The summed E-state index contributed by atoms with van der Waals surface area (Å²) >= 11 is 0. The molecule has 7 N–H and O–H groups in total. The first kappa shape index (κ1) is 27.3. The van der Waals surface area contributed by atoms with Crippen LogP contribution in [0.5, 0.6) is 0 Å². The summed E-state index contributed by atoms with van der Waals surface area (Å²) in [5.74, 6) is 4.19. The maximum Gasteiger partial charge on any atom is 0.220 e. The van der Waals surface area contributed by atoms with Gasteiger partial charge in [0, 0.05) is 12.5 Å². The topological polar surface area (TPSA) is 122 Å². The summed E-state index contributed by atoms with van der Waals surface area (Å²) in [4.78, 5) is 12.6. The van der Waals surface area contributed by atoms with Gasteiger partial charge in [0.15, 0.2) is 0 Å². The summed E-state index contributed by atoms with van der Waals surface area (Å²) in [7, 11) is 0. The van der Waals surface area contributed by atoms with Gasteiger partial charge in [0.1, 0.15) is 0 Å². The molecule has 202 valence electrons. The van der Waals surface area contributed by atoms with Crippen molar-refractivity contribution in [2.24, 2.45) is 58.3 Å². The first-order chi connectivity index (χ1) is 16.4. The lowest BCUT2D eigenvalue weighted by Gasteiger charge is -2.60. The van der Waals surface area contributed by atoms with Crippen LogP contribution in [0.3, 0.4) is 0 Å². The maximum absolute atomic E-state index is 12.6. The van der Waals surface area contributed by atoms with Gasteiger partial charge in [-0.2, -0.15) is 0 Å². The molecule has 0 heterocycles. The molecule has 0 radical (unpaired) electrons. The van der Waals surface area contributed by atoms with E-state index in [1.807, 2.05) is 13.8 Å². The van der Waals surface area contributed by atoms with Crippen molar-refractivity contribution in [3.05, 3.63) is 0 Å². The molecule has 0 spiro atoms. The number of hydrogen-bond donors (Lipinski definition) is 5. The van der Waals surface area contributed by atoms with Crippen molar-refractivity contribution in [2.75, 3.05) is 0 Å². The fourth-order valence-corrected chi connectivity index (χ4v) is 9.15. The fraction of sp³-hybridized carbons (Fsp3) is 0.966. The van der Waals surface area contributed by atoms with Gasteiger partial charge in [0.05, 0.1) is 17.9 Å². The number of carbonyl (C=O) groups excluding carboxylic acids is 1. The number of rotatable bonds is 8. The lowest BCUT2D eigenvalue weighted by Crippen LogP contribution is -2.56. The summed E-state index contributed by atoms with van der Waals surface area (Å²) in [6.45, 7) is 8.67. The van der Waals surface area contributed by atoms with Crippen molar-refractivity contribution in [3.8, 4) is 0 Å². The van der Waals surface area contributed by atoms with Crippen molar-refractivity contribution in [3.63, 3.8) is 0 Å². The molecule has 0 aromatic heterocycles. The molecule has 6 heteroatoms.